The number of rotatable bonds is 4. The van der Waals surface area contributed by atoms with E-state index in [0.717, 1.165) is 31.9 Å². The molecule has 1 aliphatic rings. The number of halogens is 1. The fourth-order valence-electron chi connectivity index (χ4n) is 2.66. The van der Waals surface area contributed by atoms with Crippen molar-refractivity contribution in [2.45, 2.75) is 19.8 Å². The number of nitrogens with zero attached hydrogens (tertiary/aromatic N) is 2. The molecule has 1 aromatic carbocycles. The van der Waals surface area contributed by atoms with Crippen molar-refractivity contribution in [1.82, 2.24) is 5.32 Å². The summed E-state index contributed by atoms with van der Waals surface area (Å²) in [5.41, 5.74) is 1.27. The standard InChI is InChI=1S/C15H20FN3/c1-2-19(11-12-4-3-7-18-10-12)15-6-5-14(16)8-13(15)9-17/h5-6,8,12,18H,2-4,7,10-11H2,1H3. The number of piperidine rings is 1. The van der Waals surface area contributed by atoms with E-state index in [1.165, 1.54) is 25.0 Å². The molecule has 1 unspecified atom stereocenters. The second-order valence-corrected chi connectivity index (χ2v) is 5.02. The van der Waals surface area contributed by atoms with Gasteiger partial charge in [0, 0.05) is 13.1 Å². The minimum absolute atomic E-state index is 0.351. The lowest BCUT2D eigenvalue weighted by Gasteiger charge is -2.31. The van der Waals surface area contributed by atoms with E-state index in [-0.39, 0.29) is 5.82 Å². The summed E-state index contributed by atoms with van der Waals surface area (Å²) in [6, 6.07) is 6.55. The molecule has 1 N–H and O–H groups in total. The maximum absolute atomic E-state index is 13.2. The monoisotopic (exact) mass is 261 g/mol. The zero-order valence-corrected chi connectivity index (χ0v) is 11.3. The van der Waals surface area contributed by atoms with Crippen LogP contribution in [0.15, 0.2) is 18.2 Å². The minimum Gasteiger partial charge on any atom is -0.370 e. The minimum atomic E-state index is -0.351. The Morgan fingerprint density at radius 3 is 3.00 bits per heavy atom. The SMILES string of the molecule is CCN(CC1CCCNC1)c1ccc(F)cc1C#N. The molecule has 1 heterocycles. The van der Waals surface area contributed by atoms with Crippen molar-refractivity contribution in [2.75, 3.05) is 31.1 Å². The van der Waals surface area contributed by atoms with Gasteiger partial charge in [-0.1, -0.05) is 0 Å². The van der Waals surface area contributed by atoms with E-state index < -0.39 is 0 Å². The van der Waals surface area contributed by atoms with E-state index in [1.807, 2.05) is 0 Å². The maximum atomic E-state index is 13.2. The molecule has 1 aromatic rings. The molecule has 0 aromatic heterocycles. The summed E-state index contributed by atoms with van der Waals surface area (Å²) in [6.07, 6.45) is 2.42. The second-order valence-electron chi connectivity index (χ2n) is 5.02. The lowest BCUT2D eigenvalue weighted by molar-refractivity contribution is 0.378. The van der Waals surface area contributed by atoms with Gasteiger partial charge in [-0.15, -0.1) is 0 Å². The predicted octanol–water partition coefficient (Wildman–Crippen LogP) is 2.52. The van der Waals surface area contributed by atoms with E-state index >= 15 is 0 Å². The van der Waals surface area contributed by atoms with Crippen LogP contribution in [0.3, 0.4) is 0 Å². The van der Waals surface area contributed by atoms with Gasteiger partial charge in [0.15, 0.2) is 0 Å². The molecule has 19 heavy (non-hydrogen) atoms. The van der Waals surface area contributed by atoms with Gasteiger partial charge in [0.05, 0.1) is 11.3 Å². The highest BCUT2D eigenvalue weighted by Gasteiger charge is 2.18. The summed E-state index contributed by atoms with van der Waals surface area (Å²) in [4.78, 5) is 2.18. The van der Waals surface area contributed by atoms with Gasteiger partial charge in [-0.2, -0.15) is 5.26 Å². The fraction of sp³-hybridized carbons (Fsp3) is 0.533. The average molecular weight is 261 g/mol. The summed E-state index contributed by atoms with van der Waals surface area (Å²) in [6.45, 7) is 5.95. The average Bonchev–Trinajstić information content (AvgIpc) is 2.46. The van der Waals surface area contributed by atoms with Crippen molar-refractivity contribution in [1.29, 1.82) is 5.26 Å². The Hall–Kier alpha value is -1.60. The highest BCUT2D eigenvalue weighted by atomic mass is 19.1. The van der Waals surface area contributed by atoms with Crippen LogP contribution < -0.4 is 10.2 Å². The van der Waals surface area contributed by atoms with Crippen LogP contribution in [0.1, 0.15) is 25.3 Å². The molecule has 4 heteroatoms. The number of nitriles is 1. The summed E-state index contributed by atoms with van der Waals surface area (Å²) < 4.78 is 13.2. The molecule has 0 saturated carbocycles. The van der Waals surface area contributed by atoms with Gasteiger partial charge in [0.1, 0.15) is 11.9 Å². The Kier molecular flexibility index (Phi) is 4.75. The lowest BCUT2D eigenvalue weighted by atomic mass is 9.98. The first-order chi connectivity index (χ1) is 9.24. The van der Waals surface area contributed by atoms with E-state index in [1.54, 1.807) is 6.07 Å². The van der Waals surface area contributed by atoms with Gasteiger partial charge in [-0.05, 0) is 57.0 Å². The number of hydrogen-bond donors (Lipinski definition) is 1. The van der Waals surface area contributed by atoms with Crippen LogP contribution in [0.2, 0.25) is 0 Å². The first-order valence-corrected chi connectivity index (χ1v) is 6.90. The van der Waals surface area contributed by atoms with Crippen molar-refractivity contribution in [3.05, 3.63) is 29.6 Å². The number of benzene rings is 1. The van der Waals surface area contributed by atoms with Crippen LogP contribution in [-0.2, 0) is 0 Å². The third kappa shape index (κ3) is 3.45. The van der Waals surface area contributed by atoms with Crippen LogP contribution in [0.5, 0.6) is 0 Å². The van der Waals surface area contributed by atoms with Crippen molar-refractivity contribution < 1.29 is 4.39 Å². The summed E-state index contributed by atoms with van der Waals surface area (Å²) in [5, 5.41) is 12.5. The van der Waals surface area contributed by atoms with E-state index in [4.69, 9.17) is 5.26 Å². The van der Waals surface area contributed by atoms with Gasteiger partial charge >= 0.3 is 0 Å². The third-order valence-corrected chi connectivity index (χ3v) is 3.68. The molecular formula is C15H20FN3. The molecule has 0 aliphatic carbocycles. The van der Waals surface area contributed by atoms with Crippen LogP contribution >= 0.6 is 0 Å². The largest absolute Gasteiger partial charge is 0.370 e. The summed E-state index contributed by atoms with van der Waals surface area (Å²) >= 11 is 0. The molecule has 3 nitrogen and oxygen atoms in total. The second kappa shape index (κ2) is 6.53. The molecule has 1 saturated heterocycles. The lowest BCUT2D eigenvalue weighted by Crippen LogP contribution is -2.38. The smallest absolute Gasteiger partial charge is 0.124 e. The van der Waals surface area contributed by atoms with Gasteiger partial charge in [-0.3, -0.25) is 0 Å². The molecular weight excluding hydrogens is 241 g/mol. The van der Waals surface area contributed by atoms with E-state index in [0.29, 0.717) is 11.5 Å². The maximum Gasteiger partial charge on any atom is 0.124 e. The fourth-order valence-corrected chi connectivity index (χ4v) is 2.66. The van der Waals surface area contributed by atoms with Gasteiger partial charge < -0.3 is 10.2 Å². The Balaban J connectivity index is 2.14. The number of hydrogen-bond acceptors (Lipinski definition) is 3. The van der Waals surface area contributed by atoms with Crippen molar-refractivity contribution in [2.24, 2.45) is 5.92 Å². The number of nitrogens with one attached hydrogen (secondary N) is 1. The summed E-state index contributed by atoms with van der Waals surface area (Å²) in [7, 11) is 0. The molecule has 0 amide bonds. The third-order valence-electron chi connectivity index (χ3n) is 3.68. The molecule has 1 fully saturated rings. The topological polar surface area (TPSA) is 39.1 Å². The van der Waals surface area contributed by atoms with Crippen LogP contribution in [0.4, 0.5) is 10.1 Å². The quantitative estimate of drug-likeness (QED) is 0.905. The zero-order chi connectivity index (χ0) is 13.7. The molecule has 0 spiro atoms. The number of anilines is 1. The first-order valence-electron chi connectivity index (χ1n) is 6.90. The normalized spacial score (nSPS) is 18.9. The van der Waals surface area contributed by atoms with Crippen molar-refractivity contribution in [3.63, 3.8) is 0 Å². The molecule has 0 radical (unpaired) electrons. The van der Waals surface area contributed by atoms with Crippen LogP contribution in [0, 0.1) is 23.1 Å². The molecule has 1 aliphatic heterocycles. The molecule has 2 rings (SSSR count). The highest BCUT2D eigenvalue weighted by molar-refractivity contribution is 5.59. The summed E-state index contributed by atoms with van der Waals surface area (Å²) in [5.74, 6) is 0.251. The Labute approximate surface area is 114 Å². The Morgan fingerprint density at radius 1 is 1.53 bits per heavy atom. The predicted molar refractivity (Wildman–Crippen MR) is 74.6 cm³/mol. The zero-order valence-electron chi connectivity index (χ0n) is 11.3. The van der Waals surface area contributed by atoms with Crippen molar-refractivity contribution in [3.8, 4) is 6.07 Å². The van der Waals surface area contributed by atoms with Crippen LogP contribution in [-0.4, -0.2) is 26.2 Å². The van der Waals surface area contributed by atoms with Gasteiger partial charge in [0.2, 0.25) is 0 Å². The van der Waals surface area contributed by atoms with Crippen molar-refractivity contribution >= 4 is 5.69 Å². The Morgan fingerprint density at radius 2 is 2.37 bits per heavy atom. The molecule has 102 valence electrons. The van der Waals surface area contributed by atoms with E-state index in [9.17, 15) is 4.39 Å². The first kappa shape index (κ1) is 13.8. The molecule has 0 bridgehead atoms. The van der Waals surface area contributed by atoms with Gasteiger partial charge in [0.25, 0.3) is 0 Å². The van der Waals surface area contributed by atoms with Gasteiger partial charge in [-0.25, -0.2) is 4.39 Å². The highest BCUT2D eigenvalue weighted by Crippen LogP contribution is 2.23. The van der Waals surface area contributed by atoms with Crippen LogP contribution in [0.25, 0.3) is 0 Å². The van der Waals surface area contributed by atoms with E-state index in [2.05, 4.69) is 23.2 Å². The Bertz CT molecular complexity index is 461. The molecule has 1 atom stereocenters.